The molecule has 0 radical (unpaired) electrons. The summed E-state index contributed by atoms with van der Waals surface area (Å²) < 4.78 is 27.0. The van der Waals surface area contributed by atoms with E-state index in [9.17, 15) is 8.42 Å². The molecule has 19 heavy (non-hydrogen) atoms. The molecule has 1 atom stereocenters. The quantitative estimate of drug-likeness (QED) is 0.819. The number of hydrogen-bond acceptors (Lipinski definition) is 4. The Morgan fingerprint density at radius 2 is 2.37 bits per heavy atom. The van der Waals surface area contributed by atoms with Gasteiger partial charge in [0.15, 0.2) is 0 Å². The summed E-state index contributed by atoms with van der Waals surface area (Å²) in [5.41, 5.74) is 0. The molecule has 0 bridgehead atoms. The molecule has 1 fully saturated rings. The molecular formula is C13H22N2O2S2. The Labute approximate surface area is 119 Å². The van der Waals surface area contributed by atoms with Gasteiger partial charge in [-0.3, -0.25) is 0 Å². The summed E-state index contributed by atoms with van der Waals surface area (Å²) >= 11 is 1.30. The molecule has 4 nitrogen and oxygen atoms in total. The Bertz CT molecular complexity index is 471. The Morgan fingerprint density at radius 3 is 3.05 bits per heavy atom. The van der Waals surface area contributed by atoms with Crippen molar-refractivity contribution in [2.75, 3.05) is 26.2 Å². The molecule has 0 aliphatic carbocycles. The van der Waals surface area contributed by atoms with Crippen LogP contribution in [-0.2, 0) is 10.0 Å². The van der Waals surface area contributed by atoms with Gasteiger partial charge < -0.3 is 5.32 Å². The van der Waals surface area contributed by atoms with Crippen LogP contribution in [0.5, 0.6) is 0 Å². The molecule has 108 valence electrons. The minimum absolute atomic E-state index is 0.440. The highest BCUT2D eigenvalue weighted by Crippen LogP contribution is 2.25. The van der Waals surface area contributed by atoms with Gasteiger partial charge in [-0.15, -0.1) is 11.3 Å². The van der Waals surface area contributed by atoms with Crippen molar-refractivity contribution in [3.8, 4) is 0 Å². The highest BCUT2D eigenvalue weighted by atomic mass is 32.2. The summed E-state index contributed by atoms with van der Waals surface area (Å²) in [7, 11) is -3.26. The van der Waals surface area contributed by atoms with Crippen LogP contribution in [0.1, 0.15) is 26.2 Å². The average Bonchev–Trinajstić information content (AvgIpc) is 2.94. The average molecular weight is 302 g/mol. The first-order chi connectivity index (χ1) is 9.14. The summed E-state index contributed by atoms with van der Waals surface area (Å²) in [6, 6.07) is 3.49. The van der Waals surface area contributed by atoms with E-state index >= 15 is 0 Å². The summed E-state index contributed by atoms with van der Waals surface area (Å²) in [6.45, 7) is 5.38. The fourth-order valence-electron chi connectivity index (χ4n) is 2.43. The van der Waals surface area contributed by atoms with Crippen molar-refractivity contribution < 1.29 is 8.42 Å². The lowest BCUT2D eigenvalue weighted by atomic mass is 10.00. The third-order valence-electron chi connectivity index (χ3n) is 3.43. The van der Waals surface area contributed by atoms with Crippen molar-refractivity contribution in [3.63, 3.8) is 0 Å². The fourth-order valence-corrected chi connectivity index (χ4v) is 5.13. The van der Waals surface area contributed by atoms with Crippen LogP contribution in [0, 0.1) is 5.92 Å². The van der Waals surface area contributed by atoms with E-state index in [-0.39, 0.29) is 0 Å². The van der Waals surface area contributed by atoms with Crippen LogP contribution in [0.25, 0.3) is 0 Å². The van der Waals surface area contributed by atoms with Crippen LogP contribution in [0.3, 0.4) is 0 Å². The van der Waals surface area contributed by atoms with E-state index in [2.05, 4.69) is 12.2 Å². The van der Waals surface area contributed by atoms with E-state index in [1.165, 1.54) is 11.3 Å². The van der Waals surface area contributed by atoms with E-state index in [1.807, 2.05) is 5.38 Å². The molecule has 1 unspecified atom stereocenters. The number of sulfonamides is 1. The van der Waals surface area contributed by atoms with Crippen LogP contribution in [-0.4, -0.2) is 38.9 Å². The topological polar surface area (TPSA) is 49.4 Å². The first-order valence-electron chi connectivity index (χ1n) is 6.89. The third-order valence-corrected chi connectivity index (χ3v) is 6.67. The molecule has 2 heterocycles. The van der Waals surface area contributed by atoms with Crippen LogP contribution < -0.4 is 5.32 Å². The van der Waals surface area contributed by atoms with Gasteiger partial charge in [0.1, 0.15) is 4.21 Å². The van der Waals surface area contributed by atoms with Gasteiger partial charge in [-0.25, -0.2) is 8.42 Å². The molecule has 1 aromatic heterocycles. The number of nitrogens with zero attached hydrogens (tertiary/aromatic N) is 1. The molecule has 1 N–H and O–H groups in total. The fraction of sp³-hybridized carbons (Fsp3) is 0.692. The van der Waals surface area contributed by atoms with Gasteiger partial charge in [0.2, 0.25) is 0 Å². The highest BCUT2D eigenvalue weighted by Gasteiger charge is 2.30. The third kappa shape index (κ3) is 3.78. The summed E-state index contributed by atoms with van der Waals surface area (Å²) in [5, 5.41) is 5.21. The number of piperidine rings is 1. The summed E-state index contributed by atoms with van der Waals surface area (Å²) in [6.07, 6.45) is 3.19. The number of thiophene rings is 1. The lowest BCUT2D eigenvalue weighted by molar-refractivity contribution is 0.261. The van der Waals surface area contributed by atoms with Crippen molar-refractivity contribution in [2.45, 2.75) is 30.4 Å². The van der Waals surface area contributed by atoms with Crippen LogP contribution >= 0.6 is 11.3 Å². The van der Waals surface area contributed by atoms with E-state index < -0.39 is 10.0 Å². The van der Waals surface area contributed by atoms with Crippen LogP contribution in [0.15, 0.2) is 21.7 Å². The van der Waals surface area contributed by atoms with Gasteiger partial charge in [0.05, 0.1) is 0 Å². The lowest BCUT2D eigenvalue weighted by Gasteiger charge is -2.31. The molecule has 1 aromatic rings. The molecule has 0 aromatic carbocycles. The van der Waals surface area contributed by atoms with E-state index in [0.29, 0.717) is 23.2 Å². The molecule has 0 saturated carbocycles. The Morgan fingerprint density at radius 1 is 1.53 bits per heavy atom. The minimum atomic E-state index is -3.26. The molecule has 1 saturated heterocycles. The number of nitrogens with one attached hydrogen (secondary N) is 1. The highest BCUT2D eigenvalue weighted by molar-refractivity contribution is 7.91. The second-order valence-corrected chi connectivity index (χ2v) is 8.12. The van der Waals surface area contributed by atoms with E-state index in [1.54, 1.807) is 16.4 Å². The zero-order chi connectivity index (χ0) is 13.7. The first-order valence-corrected chi connectivity index (χ1v) is 9.21. The molecule has 0 spiro atoms. The maximum absolute atomic E-state index is 12.4. The monoisotopic (exact) mass is 302 g/mol. The van der Waals surface area contributed by atoms with E-state index in [4.69, 9.17) is 0 Å². The van der Waals surface area contributed by atoms with Crippen molar-refractivity contribution in [2.24, 2.45) is 5.92 Å². The maximum Gasteiger partial charge on any atom is 0.252 e. The van der Waals surface area contributed by atoms with Gasteiger partial charge in [-0.05, 0) is 49.7 Å². The lowest BCUT2D eigenvalue weighted by Crippen LogP contribution is -2.42. The second kappa shape index (κ2) is 6.83. The van der Waals surface area contributed by atoms with Gasteiger partial charge >= 0.3 is 0 Å². The molecule has 1 aliphatic heterocycles. The molecular weight excluding hydrogens is 280 g/mol. The SMILES string of the molecule is CCCNCC1CCCN(S(=O)(=O)c2cccs2)C1. The van der Waals surface area contributed by atoms with Crippen molar-refractivity contribution >= 4 is 21.4 Å². The second-order valence-electron chi connectivity index (χ2n) is 5.01. The first kappa shape index (κ1) is 15.0. The van der Waals surface area contributed by atoms with E-state index in [0.717, 1.165) is 32.4 Å². The standard InChI is InChI=1S/C13H22N2O2S2/c1-2-7-14-10-12-5-3-8-15(11-12)19(16,17)13-6-4-9-18-13/h4,6,9,12,14H,2-3,5,7-8,10-11H2,1H3. The Hall–Kier alpha value is -0.430. The normalized spacial score (nSPS) is 21.6. The molecule has 2 rings (SSSR count). The Balaban J connectivity index is 1.97. The largest absolute Gasteiger partial charge is 0.316 e. The molecule has 0 amide bonds. The minimum Gasteiger partial charge on any atom is -0.316 e. The van der Waals surface area contributed by atoms with Crippen LogP contribution in [0.2, 0.25) is 0 Å². The predicted molar refractivity (Wildman–Crippen MR) is 79.0 cm³/mol. The molecule has 6 heteroatoms. The zero-order valence-corrected chi connectivity index (χ0v) is 13.0. The predicted octanol–water partition coefficient (Wildman–Crippen LogP) is 2.15. The smallest absolute Gasteiger partial charge is 0.252 e. The number of rotatable bonds is 6. The van der Waals surface area contributed by atoms with Gasteiger partial charge in [0.25, 0.3) is 10.0 Å². The summed E-state index contributed by atoms with van der Waals surface area (Å²) in [4.78, 5) is 0. The van der Waals surface area contributed by atoms with Crippen LogP contribution in [0.4, 0.5) is 0 Å². The van der Waals surface area contributed by atoms with Crippen molar-refractivity contribution in [3.05, 3.63) is 17.5 Å². The molecule has 1 aliphatic rings. The zero-order valence-electron chi connectivity index (χ0n) is 11.3. The summed E-state index contributed by atoms with van der Waals surface area (Å²) in [5.74, 6) is 0.440. The maximum atomic E-state index is 12.4. The van der Waals surface area contributed by atoms with Gasteiger partial charge in [0, 0.05) is 13.1 Å². The number of hydrogen-bond donors (Lipinski definition) is 1. The van der Waals surface area contributed by atoms with Gasteiger partial charge in [-0.1, -0.05) is 13.0 Å². The Kier molecular flexibility index (Phi) is 5.38. The van der Waals surface area contributed by atoms with Crippen molar-refractivity contribution in [1.82, 2.24) is 9.62 Å². The van der Waals surface area contributed by atoms with Crippen molar-refractivity contribution in [1.29, 1.82) is 0 Å². The van der Waals surface area contributed by atoms with Gasteiger partial charge in [-0.2, -0.15) is 4.31 Å².